The molecule has 0 bridgehead atoms. The van der Waals surface area contributed by atoms with Crippen LogP contribution < -0.4 is 0 Å². The quantitative estimate of drug-likeness (QED) is 0.489. The summed E-state index contributed by atoms with van der Waals surface area (Å²) in [5.41, 5.74) is 0.460. The van der Waals surface area contributed by atoms with Crippen LogP contribution in [0.3, 0.4) is 0 Å². The maximum atomic E-state index is 13.2. The Bertz CT molecular complexity index is 872. The van der Waals surface area contributed by atoms with Gasteiger partial charge < -0.3 is 0 Å². The number of fused-ring (bicyclic) bond motifs is 1. The number of hydrogen-bond acceptors (Lipinski definition) is 3. The molecule has 0 radical (unpaired) electrons. The Labute approximate surface area is 145 Å². The third-order valence-electron chi connectivity index (χ3n) is 3.63. The number of nitrogens with zero attached hydrogens (tertiary/aromatic N) is 2. The largest absolute Gasteiger partial charge is 0.250 e. The second-order valence-corrected chi connectivity index (χ2v) is 9.49. The summed E-state index contributed by atoms with van der Waals surface area (Å²) in [5, 5.41) is 0.809. The molecule has 21 heavy (non-hydrogen) atoms. The molecule has 0 N–H and O–H groups in total. The molecule has 7 heteroatoms. The van der Waals surface area contributed by atoms with Gasteiger partial charge in [0.15, 0.2) is 5.65 Å². The van der Waals surface area contributed by atoms with Crippen molar-refractivity contribution in [3.05, 3.63) is 53.3 Å². The zero-order valence-electron chi connectivity index (χ0n) is 11.1. The van der Waals surface area contributed by atoms with Crippen LogP contribution in [0.4, 0.5) is 0 Å². The van der Waals surface area contributed by atoms with Gasteiger partial charge in [0.05, 0.1) is 3.92 Å². The van der Waals surface area contributed by atoms with Crippen molar-refractivity contribution < 1.29 is 8.42 Å². The molecule has 1 aliphatic rings. The highest BCUT2D eigenvalue weighted by Crippen LogP contribution is 2.38. The van der Waals surface area contributed by atoms with Crippen molar-refractivity contribution in [2.24, 2.45) is 0 Å². The first-order chi connectivity index (χ1) is 9.86. The molecule has 4 nitrogen and oxygen atoms in total. The third kappa shape index (κ3) is 2.29. The summed E-state index contributed by atoms with van der Waals surface area (Å²) in [4.78, 5) is 4.21. The molecule has 0 aromatic carbocycles. The minimum atomic E-state index is -3.64. The average Bonchev–Trinajstić information content (AvgIpc) is 2.87. The lowest BCUT2D eigenvalue weighted by Gasteiger charge is -2.32. The molecule has 2 heterocycles. The Morgan fingerprint density at radius 2 is 2.19 bits per heavy atom. The van der Waals surface area contributed by atoms with Crippen molar-refractivity contribution >= 4 is 59.6 Å². The van der Waals surface area contributed by atoms with E-state index in [0.29, 0.717) is 5.65 Å². The van der Waals surface area contributed by atoms with Gasteiger partial charge in [-0.25, -0.2) is 17.4 Å². The molecule has 2 atom stereocenters. The van der Waals surface area contributed by atoms with Gasteiger partial charge in [0.25, 0.3) is 10.0 Å². The molecule has 0 spiro atoms. The van der Waals surface area contributed by atoms with Gasteiger partial charge in [0, 0.05) is 22.3 Å². The zero-order valence-corrected chi connectivity index (χ0v) is 15.6. The Morgan fingerprint density at radius 3 is 2.95 bits per heavy atom. The number of hydrogen-bond donors (Lipinski definition) is 0. The summed E-state index contributed by atoms with van der Waals surface area (Å²) in [6.07, 6.45) is 8.68. The Balaban J connectivity index is 2.23. The number of allylic oxidation sites excluding steroid dienone is 3. The lowest BCUT2D eigenvalue weighted by atomic mass is 10.0. The second-order valence-electron chi connectivity index (χ2n) is 5.01. The van der Waals surface area contributed by atoms with E-state index in [1.807, 2.05) is 18.2 Å². The monoisotopic (exact) mass is 478 g/mol. The molecule has 0 saturated carbocycles. The van der Waals surface area contributed by atoms with Gasteiger partial charge >= 0.3 is 0 Å². The van der Waals surface area contributed by atoms with Gasteiger partial charge in [-0.05, 0) is 31.2 Å². The maximum Gasteiger partial charge on any atom is 0.250 e. The fourth-order valence-electron chi connectivity index (χ4n) is 2.33. The first kappa shape index (κ1) is 15.2. The highest BCUT2D eigenvalue weighted by atomic mass is 127. The van der Waals surface area contributed by atoms with Gasteiger partial charge in [0.2, 0.25) is 0 Å². The number of pyridine rings is 1. The van der Waals surface area contributed by atoms with Crippen molar-refractivity contribution in [2.45, 2.75) is 15.6 Å². The van der Waals surface area contributed by atoms with Crippen LogP contribution in [0.5, 0.6) is 0 Å². The van der Waals surface area contributed by atoms with Gasteiger partial charge in [-0.2, -0.15) is 0 Å². The summed E-state index contributed by atoms with van der Waals surface area (Å²) >= 11 is 5.53. The number of alkyl halides is 1. The van der Waals surface area contributed by atoms with Crippen LogP contribution in [0.2, 0.25) is 0 Å². The number of rotatable bonds is 2. The fraction of sp³-hybridized carbons (Fsp3) is 0.214. The molecule has 110 valence electrons. The highest BCUT2D eigenvalue weighted by molar-refractivity contribution is 14.1. The van der Waals surface area contributed by atoms with Crippen LogP contribution in [0.15, 0.2) is 53.3 Å². The van der Waals surface area contributed by atoms with Crippen molar-refractivity contribution in [1.82, 2.24) is 8.96 Å². The first-order valence-electron chi connectivity index (χ1n) is 6.24. The Hall–Kier alpha value is -0.670. The molecule has 0 amide bonds. The molecule has 0 fully saturated rings. The minimum Gasteiger partial charge on any atom is -0.237 e. The summed E-state index contributed by atoms with van der Waals surface area (Å²) in [6, 6.07) is 5.41. The third-order valence-corrected chi connectivity index (χ3v) is 8.55. The first-order valence-corrected chi connectivity index (χ1v) is 9.72. The van der Waals surface area contributed by atoms with Crippen LogP contribution >= 0.6 is 38.5 Å². The highest BCUT2D eigenvalue weighted by Gasteiger charge is 2.45. The van der Waals surface area contributed by atoms with Crippen LogP contribution in [0.1, 0.15) is 6.92 Å². The number of aromatic nitrogens is 2. The lowest BCUT2D eigenvalue weighted by Crippen LogP contribution is -2.45. The van der Waals surface area contributed by atoms with Crippen LogP contribution in [0, 0.1) is 0 Å². The Kier molecular flexibility index (Phi) is 3.77. The topological polar surface area (TPSA) is 52.0 Å². The van der Waals surface area contributed by atoms with Crippen LogP contribution in [-0.4, -0.2) is 26.0 Å². The minimum absolute atomic E-state index is 0.164. The summed E-state index contributed by atoms with van der Waals surface area (Å²) in [6.45, 7) is 1.74. The van der Waals surface area contributed by atoms with Crippen molar-refractivity contribution in [2.75, 3.05) is 0 Å². The summed E-state index contributed by atoms with van der Waals surface area (Å²) in [7, 11) is -3.64. The average molecular weight is 479 g/mol. The smallest absolute Gasteiger partial charge is 0.237 e. The van der Waals surface area contributed by atoms with E-state index in [2.05, 4.69) is 43.5 Å². The molecule has 2 unspecified atom stereocenters. The lowest BCUT2D eigenvalue weighted by molar-refractivity contribution is 0.559. The molecule has 0 saturated heterocycles. The molecule has 1 aliphatic carbocycles. The van der Waals surface area contributed by atoms with E-state index in [0.717, 1.165) is 9.87 Å². The fourth-order valence-corrected chi connectivity index (χ4v) is 6.13. The summed E-state index contributed by atoms with van der Waals surface area (Å²) in [5.74, 6) is 0. The molecule has 3 rings (SSSR count). The molecular weight excluding hydrogens is 467 g/mol. The molecule has 0 aliphatic heterocycles. The molecule has 2 aromatic heterocycles. The molecule has 2 aromatic rings. The van der Waals surface area contributed by atoms with Gasteiger partial charge in [0.1, 0.15) is 4.75 Å². The second kappa shape index (κ2) is 5.20. The van der Waals surface area contributed by atoms with Crippen molar-refractivity contribution in [3.63, 3.8) is 0 Å². The van der Waals surface area contributed by atoms with Crippen LogP contribution in [-0.2, 0) is 10.0 Å². The predicted molar refractivity (Wildman–Crippen MR) is 96.4 cm³/mol. The maximum absolute atomic E-state index is 13.2. The van der Waals surface area contributed by atoms with E-state index < -0.39 is 14.8 Å². The predicted octanol–water partition coefficient (Wildman–Crippen LogP) is 3.63. The van der Waals surface area contributed by atoms with E-state index in [1.54, 1.807) is 37.5 Å². The van der Waals surface area contributed by atoms with Gasteiger partial charge in [-0.15, -0.1) is 0 Å². The summed E-state index contributed by atoms with van der Waals surface area (Å²) < 4.78 is 27.2. The van der Waals surface area contributed by atoms with Gasteiger partial charge in [-0.1, -0.05) is 50.7 Å². The van der Waals surface area contributed by atoms with Crippen molar-refractivity contribution in [1.29, 1.82) is 0 Å². The normalized spacial score (nSPS) is 26.0. The van der Waals surface area contributed by atoms with E-state index in [-0.39, 0.29) is 3.92 Å². The van der Waals surface area contributed by atoms with Crippen molar-refractivity contribution in [3.8, 4) is 0 Å². The van der Waals surface area contributed by atoms with E-state index in [9.17, 15) is 8.42 Å². The van der Waals surface area contributed by atoms with E-state index in [1.165, 1.54) is 3.97 Å². The zero-order chi connectivity index (χ0) is 15.3. The van der Waals surface area contributed by atoms with Crippen LogP contribution in [0.25, 0.3) is 11.0 Å². The van der Waals surface area contributed by atoms with E-state index in [4.69, 9.17) is 0 Å². The standard InChI is InChI=1S/C14H12BrIN2O2S/c1-14(9-11(15)4-5-12(14)16)21(19,20)18-8-6-10-3-2-7-17-13(10)18/h2-9,12H,1H3. The molecular formula is C14H12BrIN2O2S. The SMILES string of the molecule is CC1(S(=O)(=O)n2ccc3cccnc32)C=C(Br)C=CC1I. The Morgan fingerprint density at radius 1 is 1.43 bits per heavy atom. The van der Waals surface area contributed by atoms with Gasteiger partial charge in [-0.3, -0.25) is 0 Å². The van der Waals surface area contributed by atoms with E-state index >= 15 is 0 Å². The number of halogens is 2.